The number of ether oxygens (including phenoxy) is 3. The number of cyclic esters (lactones) is 1. The molecular formula is C40H49N3O9S. The van der Waals surface area contributed by atoms with E-state index < -0.39 is 50.6 Å². The van der Waals surface area contributed by atoms with Gasteiger partial charge in [0, 0.05) is 35.9 Å². The van der Waals surface area contributed by atoms with Crippen molar-refractivity contribution in [3.8, 4) is 11.6 Å². The van der Waals surface area contributed by atoms with Gasteiger partial charge in [0.15, 0.2) is 5.78 Å². The molecule has 53 heavy (non-hydrogen) atoms. The summed E-state index contributed by atoms with van der Waals surface area (Å²) in [5.41, 5.74) is -0.411. The Balaban J connectivity index is 1.24. The van der Waals surface area contributed by atoms with E-state index in [1.54, 1.807) is 13.3 Å². The summed E-state index contributed by atoms with van der Waals surface area (Å²) < 4.78 is 45.9. The Labute approximate surface area is 310 Å². The number of carbonyl (C=O) groups excluding carboxylic acids is 4. The molecule has 0 unspecified atom stereocenters. The van der Waals surface area contributed by atoms with Gasteiger partial charge in [0.05, 0.1) is 43.4 Å². The summed E-state index contributed by atoms with van der Waals surface area (Å²) in [5.74, 6) is -1.73. The molecule has 1 N–H and O–H groups in total. The molecule has 1 saturated heterocycles. The summed E-state index contributed by atoms with van der Waals surface area (Å²) in [5, 5.41) is 1.01. The fraction of sp³-hybridized carbons (Fsp3) is 0.575. The topological polar surface area (TPSA) is 158 Å². The number of carbonyl (C=O) groups is 4. The third kappa shape index (κ3) is 8.14. The Bertz CT molecular complexity index is 1940. The molecule has 2 saturated carbocycles. The van der Waals surface area contributed by atoms with Gasteiger partial charge >= 0.3 is 5.97 Å². The van der Waals surface area contributed by atoms with Crippen LogP contribution in [0.5, 0.6) is 11.6 Å². The predicted octanol–water partition coefficient (Wildman–Crippen LogP) is 5.29. The number of rotatable bonds is 4. The minimum atomic E-state index is -3.84. The van der Waals surface area contributed by atoms with E-state index in [1.807, 2.05) is 49.4 Å². The van der Waals surface area contributed by atoms with Crippen LogP contribution < -0.4 is 14.2 Å². The number of nitrogens with zero attached hydrogens (tertiary/aromatic N) is 2. The zero-order valence-corrected chi connectivity index (χ0v) is 31.3. The molecule has 0 spiro atoms. The van der Waals surface area contributed by atoms with Crippen LogP contribution in [0.25, 0.3) is 16.8 Å². The van der Waals surface area contributed by atoms with Gasteiger partial charge in [-0.1, -0.05) is 44.1 Å². The van der Waals surface area contributed by atoms with Gasteiger partial charge in [-0.15, -0.1) is 0 Å². The highest BCUT2D eigenvalue weighted by Crippen LogP contribution is 2.57. The van der Waals surface area contributed by atoms with Gasteiger partial charge in [-0.3, -0.25) is 23.9 Å². The number of nitrogens with one attached hydrogen (secondary N) is 1. The van der Waals surface area contributed by atoms with Gasteiger partial charge in [0.2, 0.25) is 27.7 Å². The Morgan fingerprint density at radius 2 is 1.92 bits per heavy atom. The molecule has 5 aliphatic rings. The van der Waals surface area contributed by atoms with Crippen LogP contribution >= 0.6 is 0 Å². The van der Waals surface area contributed by atoms with Crippen molar-refractivity contribution in [3.63, 3.8) is 0 Å². The van der Waals surface area contributed by atoms with Crippen LogP contribution in [0, 0.1) is 23.2 Å². The second kappa shape index (κ2) is 15.2. The summed E-state index contributed by atoms with van der Waals surface area (Å²) in [4.78, 5) is 62.1. The van der Waals surface area contributed by atoms with Crippen LogP contribution in [0.2, 0.25) is 0 Å². The number of pyridine rings is 1. The molecule has 12 nitrogen and oxygen atoms in total. The first kappa shape index (κ1) is 37.1. The quantitative estimate of drug-likeness (QED) is 0.322. The maximum absolute atomic E-state index is 14.6. The average Bonchev–Trinajstić information content (AvgIpc) is 4.06. The van der Waals surface area contributed by atoms with E-state index >= 15 is 0 Å². The largest absolute Gasteiger partial charge is 0.496 e. The highest BCUT2D eigenvalue weighted by molar-refractivity contribution is 7.90. The predicted molar refractivity (Wildman–Crippen MR) is 197 cm³/mol. The SMILES string of the molecule is COc1cc2ccnc3c2cc1/C=C/C[C@H](C)COC(=O)C[C@H]1CCCCC/C=C\[C@H]2C[C@@]2(C(=O)NS(=O)(=O)C2CC2)CC(=O)[C@@H]2C[C@H](CN2C1=O)O3. The molecule has 13 heteroatoms. The fourth-order valence-corrected chi connectivity index (χ4v) is 9.45. The molecule has 2 aliphatic carbocycles. The average molecular weight is 748 g/mol. The van der Waals surface area contributed by atoms with Crippen molar-refractivity contribution in [2.24, 2.45) is 23.2 Å². The third-order valence-corrected chi connectivity index (χ3v) is 13.3. The Morgan fingerprint density at radius 3 is 2.72 bits per heavy atom. The Morgan fingerprint density at radius 1 is 1.09 bits per heavy atom. The lowest BCUT2D eigenvalue weighted by atomic mass is 9.90. The molecule has 2 amide bonds. The minimum absolute atomic E-state index is 0.0224. The maximum atomic E-state index is 14.6. The molecule has 2 aromatic rings. The van der Waals surface area contributed by atoms with E-state index in [1.165, 1.54) is 4.90 Å². The number of amides is 2. The summed E-state index contributed by atoms with van der Waals surface area (Å²) >= 11 is 0. The van der Waals surface area contributed by atoms with Crippen molar-refractivity contribution in [2.75, 3.05) is 20.3 Å². The summed E-state index contributed by atoms with van der Waals surface area (Å²) in [7, 11) is -2.23. The smallest absolute Gasteiger partial charge is 0.306 e. The monoisotopic (exact) mass is 747 g/mol. The fourth-order valence-electron chi connectivity index (χ4n) is 8.06. The molecule has 1 aromatic heterocycles. The van der Waals surface area contributed by atoms with E-state index in [4.69, 9.17) is 14.2 Å². The van der Waals surface area contributed by atoms with E-state index in [9.17, 15) is 27.6 Å². The molecule has 0 radical (unpaired) electrons. The number of Topliss-reactive ketones (excluding diaryl/α,β-unsaturated/α-hetero) is 1. The third-order valence-electron chi connectivity index (χ3n) is 11.5. The van der Waals surface area contributed by atoms with Crippen molar-refractivity contribution in [2.45, 2.75) is 101 Å². The van der Waals surface area contributed by atoms with Crippen molar-refractivity contribution in [1.29, 1.82) is 0 Å². The van der Waals surface area contributed by atoms with Gasteiger partial charge in [-0.2, -0.15) is 0 Å². The second-order valence-corrected chi connectivity index (χ2v) is 17.6. The molecule has 1 aromatic carbocycles. The van der Waals surface area contributed by atoms with E-state index in [-0.39, 0.29) is 55.9 Å². The number of hydrogen-bond acceptors (Lipinski definition) is 10. The minimum Gasteiger partial charge on any atom is -0.496 e. The number of sulfonamides is 1. The van der Waals surface area contributed by atoms with Crippen molar-refractivity contribution < 1.29 is 41.8 Å². The van der Waals surface area contributed by atoms with Crippen LogP contribution in [-0.4, -0.2) is 79.5 Å². The first-order chi connectivity index (χ1) is 25.5. The van der Waals surface area contributed by atoms with Gasteiger partial charge < -0.3 is 19.1 Å². The van der Waals surface area contributed by atoms with Gasteiger partial charge in [0.25, 0.3) is 0 Å². The number of methoxy groups -OCH3 is 1. The van der Waals surface area contributed by atoms with Crippen LogP contribution in [0.3, 0.4) is 0 Å². The number of aromatic nitrogens is 1. The molecule has 5 bridgehead atoms. The highest BCUT2D eigenvalue weighted by atomic mass is 32.2. The van der Waals surface area contributed by atoms with Crippen molar-refractivity contribution >= 4 is 50.4 Å². The van der Waals surface area contributed by atoms with Crippen molar-refractivity contribution in [3.05, 3.63) is 48.2 Å². The number of hydrogen-bond donors (Lipinski definition) is 1. The van der Waals surface area contributed by atoms with E-state index in [0.29, 0.717) is 50.2 Å². The number of allylic oxidation sites excluding steroid dienone is 3. The zero-order valence-electron chi connectivity index (χ0n) is 30.5. The summed E-state index contributed by atoms with van der Waals surface area (Å²) in [6.45, 7) is 2.27. The molecule has 6 atom stereocenters. The van der Waals surface area contributed by atoms with Gasteiger partial charge in [0.1, 0.15) is 11.9 Å². The summed E-state index contributed by atoms with van der Waals surface area (Å²) in [6.07, 6.45) is 14.4. The van der Waals surface area contributed by atoms with Crippen LogP contribution in [0.15, 0.2) is 42.6 Å². The second-order valence-electron chi connectivity index (χ2n) is 15.6. The van der Waals surface area contributed by atoms with E-state index in [0.717, 1.165) is 35.6 Å². The Kier molecular flexibility index (Phi) is 10.7. The standard InChI is InChI=1S/C40H49N3O9S/c1-25-9-8-11-27-17-32-26(18-35(27)50-2)15-16-41-37(32)52-30-20-33-34(44)22-40(39(47)42-53(48,49)31-13-14-31)21-29(40)12-7-5-3-4-6-10-28(19-36(45)51-24-25)38(46)43(33)23-30/h7-8,11-12,15-18,25,28-31,33H,3-6,9-10,13-14,19-24H2,1-2H3,(H,42,47)/b11-8+,12-7-/t25-,28+,29-,30+,33-,40+/m0/s1. The van der Waals surface area contributed by atoms with Crippen LogP contribution in [0.1, 0.15) is 89.5 Å². The lowest BCUT2D eigenvalue weighted by Gasteiger charge is -2.29. The van der Waals surface area contributed by atoms with Crippen LogP contribution in [0.4, 0.5) is 0 Å². The molecule has 3 aliphatic heterocycles. The van der Waals surface area contributed by atoms with Crippen molar-refractivity contribution in [1.82, 2.24) is 14.6 Å². The first-order valence-electron chi connectivity index (χ1n) is 19.0. The van der Waals surface area contributed by atoms with Gasteiger partial charge in [-0.25, -0.2) is 13.4 Å². The molecular weight excluding hydrogens is 699 g/mol. The molecule has 4 heterocycles. The van der Waals surface area contributed by atoms with Gasteiger partial charge in [-0.05, 0) is 80.4 Å². The molecule has 7 rings (SSSR count). The Hall–Kier alpha value is -4.26. The number of fused-ring (bicyclic) bond motifs is 4. The highest BCUT2D eigenvalue weighted by Gasteiger charge is 2.61. The van der Waals surface area contributed by atoms with E-state index in [2.05, 4.69) is 9.71 Å². The lowest BCUT2D eigenvalue weighted by Crippen LogP contribution is -2.46. The normalized spacial score (nSPS) is 31.2. The molecule has 3 fully saturated rings. The maximum Gasteiger partial charge on any atom is 0.306 e. The van der Waals surface area contributed by atoms with Crippen LogP contribution in [-0.2, 0) is 33.9 Å². The summed E-state index contributed by atoms with van der Waals surface area (Å²) in [6, 6.07) is 4.78. The zero-order chi connectivity index (χ0) is 37.3. The number of esters is 1. The molecule has 284 valence electrons. The first-order valence-corrected chi connectivity index (χ1v) is 20.5. The number of benzene rings is 1. The number of ketones is 1. The lowest BCUT2D eigenvalue weighted by molar-refractivity contribution is -0.151.